The molecule has 0 aliphatic rings. The minimum Gasteiger partial charge on any atom is -0.497 e. The highest BCUT2D eigenvalue weighted by Gasteiger charge is 2.09. The Kier molecular flexibility index (Phi) is 3.72. The van der Waals surface area contributed by atoms with Gasteiger partial charge in [0.2, 0.25) is 0 Å². The van der Waals surface area contributed by atoms with E-state index in [9.17, 15) is 10.1 Å². The van der Waals surface area contributed by atoms with E-state index in [1.54, 1.807) is 6.07 Å². The Morgan fingerprint density at radius 1 is 1.25 bits per heavy atom. The number of hydrogen-bond donors (Lipinski definition) is 1. The molecule has 8 nitrogen and oxygen atoms in total. The quantitative estimate of drug-likeness (QED) is 0.446. The van der Waals surface area contributed by atoms with Gasteiger partial charge in [-0.05, 0) is 0 Å². The maximum Gasteiger partial charge on any atom is 0.318 e. The van der Waals surface area contributed by atoms with Crippen LogP contribution in [0.15, 0.2) is 18.2 Å². The third kappa shape index (κ3) is 2.89. The maximum absolute atomic E-state index is 10.1. The highest BCUT2D eigenvalue weighted by molar-refractivity contribution is 5.53. The fourth-order valence-corrected chi connectivity index (χ4v) is 1.04. The zero-order chi connectivity index (χ0) is 12.1. The average Bonchev–Trinajstić information content (AvgIpc) is 2.27. The summed E-state index contributed by atoms with van der Waals surface area (Å²) in [6.07, 6.45) is 0. The molecule has 0 bridgehead atoms. The molecule has 0 fully saturated rings. The Hall–Kier alpha value is -2.22. The normalized spacial score (nSPS) is 9.44. The molecule has 0 radical (unpaired) electrons. The van der Waals surface area contributed by atoms with Crippen LogP contribution >= 0.6 is 0 Å². The van der Waals surface area contributed by atoms with E-state index in [4.69, 9.17) is 15.3 Å². The molecule has 0 spiro atoms. The van der Waals surface area contributed by atoms with E-state index in [1.165, 1.54) is 26.4 Å². The number of hydrazine groups is 1. The molecule has 1 rings (SSSR count). The molecule has 2 N–H and O–H groups in total. The molecule has 0 saturated carbocycles. The molecule has 1 aromatic rings. The van der Waals surface area contributed by atoms with Gasteiger partial charge in [-0.3, -0.25) is 0 Å². The van der Waals surface area contributed by atoms with Gasteiger partial charge >= 0.3 is 5.09 Å². The van der Waals surface area contributed by atoms with Gasteiger partial charge in [-0.1, -0.05) is 0 Å². The van der Waals surface area contributed by atoms with Crippen LogP contribution in [-0.2, 0) is 4.94 Å². The van der Waals surface area contributed by atoms with Crippen LogP contribution in [0.3, 0.4) is 0 Å². The summed E-state index contributed by atoms with van der Waals surface area (Å²) in [7, 11) is 2.90. The van der Waals surface area contributed by atoms with Crippen molar-refractivity contribution in [2.24, 2.45) is 5.84 Å². The van der Waals surface area contributed by atoms with E-state index in [-0.39, 0.29) is 5.69 Å². The average molecular weight is 229 g/mol. The van der Waals surface area contributed by atoms with E-state index in [0.29, 0.717) is 16.7 Å². The number of hydrogen-bond acceptors (Lipinski definition) is 7. The van der Waals surface area contributed by atoms with Crippen molar-refractivity contribution in [3.63, 3.8) is 0 Å². The molecule has 0 atom stereocenters. The predicted molar refractivity (Wildman–Crippen MR) is 54.3 cm³/mol. The molecule has 16 heavy (non-hydrogen) atoms. The van der Waals surface area contributed by atoms with Crippen LogP contribution < -0.4 is 20.5 Å². The second-order valence-electron chi connectivity index (χ2n) is 2.70. The summed E-state index contributed by atoms with van der Waals surface area (Å²) in [5.41, 5.74) is 0.230. The molecule has 0 heterocycles. The van der Waals surface area contributed by atoms with E-state index in [0.717, 1.165) is 0 Å². The van der Waals surface area contributed by atoms with Crippen LogP contribution in [-0.4, -0.2) is 19.3 Å². The van der Waals surface area contributed by atoms with E-state index in [2.05, 4.69) is 4.94 Å². The lowest BCUT2D eigenvalue weighted by Gasteiger charge is -2.15. The zero-order valence-corrected chi connectivity index (χ0v) is 8.75. The highest BCUT2D eigenvalue weighted by atomic mass is 17.0. The van der Waals surface area contributed by atoms with Gasteiger partial charge in [0.25, 0.3) is 0 Å². The first-order valence-corrected chi connectivity index (χ1v) is 4.17. The second-order valence-corrected chi connectivity index (χ2v) is 2.70. The lowest BCUT2D eigenvalue weighted by Crippen LogP contribution is -2.33. The molecular weight excluding hydrogens is 218 g/mol. The number of benzene rings is 1. The Morgan fingerprint density at radius 2 is 1.75 bits per heavy atom. The first-order chi connectivity index (χ1) is 7.56. The third-order valence-electron chi connectivity index (χ3n) is 1.75. The van der Waals surface area contributed by atoms with Gasteiger partial charge in [-0.25, -0.2) is 5.84 Å². The zero-order valence-electron chi connectivity index (χ0n) is 8.75. The third-order valence-corrected chi connectivity index (χ3v) is 1.75. The van der Waals surface area contributed by atoms with Crippen molar-refractivity contribution >= 4 is 5.69 Å². The van der Waals surface area contributed by atoms with Crippen LogP contribution in [0.5, 0.6) is 11.5 Å². The van der Waals surface area contributed by atoms with Gasteiger partial charge in [0.1, 0.15) is 11.5 Å². The molecule has 88 valence electrons. The molecule has 0 aliphatic heterocycles. The van der Waals surface area contributed by atoms with E-state index >= 15 is 0 Å². The summed E-state index contributed by atoms with van der Waals surface area (Å²) in [5.74, 6) is 6.18. The minimum absolute atomic E-state index is 0.230. The smallest absolute Gasteiger partial charge is 0.318 e. The SMILES string of the molecule is COc1cc(OC)cc(N(N)O[N+](=O)[O-])c1. The number of rotatable bonds is 5. The topological polar surface area (TPSA) is 100 Å². The van der Waals surface area contributed by atoms with Gasteiger partial charge in [-0.2, -0.15) is 4.94 Å². The fraction of sp³-hybridized carbons (Fsp3) is 0.250. The summed E-state index contributed by atoms with van der Waals surface area (Å²) in [4.78, 5) is 14.1. The first kappa shape index (κ1) is 11.9. The van der Waals surface area contributed by atoms with Crippen molar-refractivity contribution in [2.75, 3.05) is 19.4 Å². The second kappa shape index (κ2) is 5.03. The maximum atomic E-state index is 10.1. The van der Waals surface area contributed by atoms with Gasteiger partial charge in [-0.15, -0.1) is 15.3 Å². The van der Waals surface area contributed by atoms with Crippen LogP contribution in [0.1, 0.15) is 0 Å². The van der Waals surface area contributed by atoms with Gasteiger partial charge in [0.05, 0.1) is 19.9 Å². The molecule has 8 heteroatoms. The highest BCUT2D eigenvalue weighted by Crippen LogP contribution is 2.27. The Labute approximate surface area is 91.1 Å². The molecular formula is C8H11N3O5. The van der Waals surface area contributed by atoms with Crippen LogP contribution in [0.4, 0.5) is 5.69 Å². The van der Waals surface area contributed by atoms with Gasteiger partial charge in [0.15, 0.2) is 0 Å². The molecule has 0 aliphatic carbocycles. The van der Waals surface area contributed by atoms with Gasteiger partial charge < -0.3 is 9.47 Å². The van der Waals surface area contributed by atoms with Crippen molar-refractivity contribution in [1.29, 1.82) is 0 Å². The van der Waals surface area contributed by atoms with Crippen LogP contribution in [0.2, 0.25) is 0 Å². The number of methoxy groups -OCH3 is 2. The summed E-state index contributed by atoms with van der Waals surface area (Å²) >= 11 is 0. The van der Waals surface area contributed by atoms with Crippen molar-refractivity contribution in [2.45, 2.75) is 0 Å². The monoisotopic (exact) mass is 229 g/mol. The summed E-state index contributed by atoms with van der Waals surface area (Å²) in [5, 5.41) is 9.57. The van der Waals surface area contributed by atoms with Crippen molar-refractivity contribution in [3.8, 4) is 11.5 Å². The number of ether oxygens (including phenoxy) is 2. The lowest BCUT2D eigenvalue weighted by atomic mass is 10.3. The fourth-order valence-electron chi connectivity index (χ4n) is 1.04. The molecule has 0 unspecified atom stereocenters. The molecule has 0 aromatic heterocycles. The Morgan fingerprint density at radius 3 is 2.12 bits per heavy atom. The summed E-state index contributed by atoms with van der Waals surface area (Å²) in [6, 6.07) is 4.53. The summed E-state index contributed by atoms with van der Waals surface area (Å²) in [6.45, 7) is 0. The number of nitrogens with two attached hydrogens (primary N) is 1. The largest absolute Gasteiger partial charge is 0.497 e. The molecule has 1 aromatic carbocycles. The van der Waals surface area contributed by atoms with Crippen LogP contribution in [0.25, 0.3) is 0 Å². The van der Waals surface area contributed by atoms with Crippen molar-refractivity contribution < 1.29 is 19.5 Å². The number of nitrogens with zero attached hydrogens (tertiary/aromatic N) is 2. The molecule has 0 amide bonds. The Bertz CT molecular complexity index is 362. The summed E-state index contributed by atoms with van der Waals surface area (Å²) < 4.78 is 9.93. The molecule has 0 saturated heterocycles. The van der Waals surface area contributed by atoms with E-state index in [1.807, 2.05) is 0 Å². The lowest BCUT2D eigenvalue weighted by molar-refractivity contribution is -0.762. The van der Waals surface area contributed by atoms with Crippen LogP contribution in [0, 0.1) is 10.1 Å². The van der Waals surface area contributed by atoms with E-state index < -0.39 is 5.09 Å². The minimum atomic E-state index is -1.02. The number of anilines is 1. The van der Waals surface area contributed by atoms with Crippen molar-refractivity contribution in [1.82, 2.24) is 0 Å². The standard InChI is InChI=1S/C8H11N3O5/c1-14-7-3-6(4-8(5-7)15-2)10(9)16-11(12)13/h3-5H,9H2,1-2H3. The predicted octanol–water partition coefficient (Wildman–Crippen LogP) is 0.507. The first-order valence-electron chi connectivity index (χ1n) is 4.17. The Balaban J connectivity index is 2.97. The van der Waals surface area contributed by atoms with Crippen molar-refractivity contribution in [3.05, 3.63) is 28.3 Å². The van der Waals surface area contributed by atoms with Gasteiger partial charge in [0, 0.05) is 18.2 Å².